The summed E-state index contributed by atoms with van der Waals surface area (Å²) < 4.78 is 20.1. The fraction of sp³-hybridized carbons (Fsp3) is 0.105. The van der Waals surface area contributed by atoms with Crippen LogP contribution in [0.5, 0.6) is 11.6 Å². The Morgan fingerprint density at radius 2 is 1.93 bits per heavy atom. The van der Waals surface area contributed by atoms with Crippen molar-refractivity contribution in [3.05, 3.63) is 77.8 Å². The van der Waals surface area contributed by atoms with Crippen molar-refractivity contribution < 1.29 is 13.9 Å². The number of carbonyl (C=O) groups excluding carboxylic acids is 1. The lowest BCUT2D eigenvalue weighted by Gasteiger charge is -2.07. The molecule has 0 aliphatic carbocycles. The van der Waals surface area contributed by atoms with Crippen LogP contribution < -0.4 is 10.1 Å². The predicted molar refractivity (Wildman–Crippen MR) is 97.4 cm³/mol. The third-order valence-corrected chi connectivity index (χ3v) is 3.92. The normalized spacial score (nSPS) is 10.8. The molecule has 140 valence electrons. The molecule has 4 rings (SSSR count). The van der Waals surface area contributed by atoms with Crippen LogP contribution in [0, 0.1) is 12.7 Å². The molecular weight excluding hydrogens is 363 g/mol. The minimum atomic E-state index is -0.414. The summed E-state index contributed by atoms with van der Waals surface area (Å²) in [5.74, 6) is 0.448. The third-order valence-electron chi connectivity index (χ3n) is 3.92. The van der Waals surface area contributed by atoms with Gasteiger partial charge in [-0.3, -0.25) is 4.79 Å². The first-order valence-corrected chi connectivity index (χ1v) is 8.43. The molecule has 0 aliphatic heterocycles. The summed E-state index contributed by atoms with van der Waals surface area (Å²) in [6.45, 7) is 2.09. The Bertz CT molecular complexity index is 1140. The van der Waals surface area contributed by atoms with Crippen LogP contribution in [0.25, 0.3) is 5.78 Å². The average Bonchev–Trinajstić information content (AvgIpc) is 3.14. The number of hydrogen-bond donors (Lipinski definition) is 1. The van der Waals surface area contributed by atoms with Gasteiger partial charge in [0.05, 0.1) is 0 Å². The first-order valence-electron chi connectivity index (χ1n) is 8.43. The molecule has 3 aromatic heterocycles. The van der Waals surface area contributed by atoms with Gasteiger partial charge < -0.3 is 10.1 Å². The SMILES string of the molecule is Cc1ccnc2nc(C(=O)NCc3ccnc(Oc4ccc(F)cc4)c3)nn12. The molecule has 3 heterocycles. The highest BCUT2D eigenvalue weighted by Crippen LogP contribution is 2.20. The van der Waals surface area contributed by atoms with Crippen LogP contribution in [0.1, 0.15) is 21.9 Å². The van der Waals surface area contributed by atoms with Crippen LogP contribution in [0.2, 0.25) is 0 Å². The molecular formula is C19H15FN6O2. The van der Waals surface area contributed by atoms with Crippen molar-refractivity contribution in [2.24, 2.45) is 0 Å². The maximum Gasteiger partial charge on any atom is 0.291 e. The Balaban J connectivity index is 1.43. The predicted octanol–water partition coefficient (Wildman–Crippen LogP) is 2.69. The highest BCUT2D eigenvalue weighted by molar-refractivity contribution is 5.90. The topological polar surface area (TPSA) is 94.3 Å². The summed E-state index contributed by atoms with van der Waals surface area (Å²) in [4.78, 5) is 24.7. The number of aryl methyl sites for hydroxylation is 1. The number of amides is 1. The zero-order chi connectivity index (χ0) is 19.5. The second kappa shape index (κ2) is 7.39. The lowest BCUT2D eigenvalue weighted by Crippen LogP contribution is -2.24. The fourth-order valence-corrected chi connectivity index (χ4v) is 2.50. The highest BCUT2D eigenvalue weighted by Gasteiger charge is 2.14. The maximum absolute atomic E-state index is 13.0. The monoisotopic (exact) mass is 378 g/mol. The van der Waals surface area contributed by atoms with Crippen LogP contribution in [-0.4, -0.2) is 30.5 Å². The molecule has 0 aliphatic rings. The van der Waals surface area contributed by atoms with E-state index < -0.39 is 5.91 Å². The molecule has 8 nitrogen and oxygen atoms in total. The first-order chi connectivity index (χ1) is 13.6. The van der Waals surface area contributed by atoms with Crippen LogP contribution in [0.3, 0.4) is 0 Å². The standard InChI is InChI=1S/C19H15FN6O2/c1-12-6-8-22-19-24-17(25-26(12)19)18(27)23-11-13-7-9-21-16(10-13)28-15-4-2-14(20)3-5-15/h2-10H,11H2,1H3,(H,23,27). The molecule has 0 spiro atoms. The number of nitrogens with one attached hydrogen (secondary N) is 1. The number of carbonyl (C=O) groups is 1. The van der Waals surface area contributed by atoms with Crippen LogP contribution in [-0.2, 0) is 6.54 Å². The summed E-state index contributed by atoms with van der Waals surface area (Å²) >= 11 is 0. The van der Waals surface area contributed by atoms with E-state index in [4.69, 9.17) is 4.74 Å². The van der Waals surface area contributed by atoms with Crippen LogP contribution >= 0.6 is 0 Å². The minimum absolute atomic E-state index is 0.0404. The van der Waals surface area contributed by atoms with Crippen molar-refractivity contribution in [3.8, 4) is 11.6 Å². The second-order valence-corrected chi connectivity index (χ2v) is 5.97. The lowest BCUT2D eigenvalue weighted by molar-refractivity contribution is 0.0940. The number of fused-ring (bicyclic) bond motifs is 1. The van der Waals surface area contributed by atoms with E-state index in [9.17, 15) is 9.18 Å². The van der Waals surface area contributed by atoms with Crippen molar-refractivity contribution in [2.45, 2.75) is 13.5 Å². The van der Waals surface area contributed by atoms with Crippen molar-refractivity contribution >= 4 is 11.7 Å². The number of pyridine rings is 1. The van der Waals surface area contributed by atoms with Gasteiger partial charge in [0.25, 0.3) is 11.7 Å². The van der Waals surface area contributed by atoms with Gasteiger partial charge in [-0.15, -0.1) is 5.10 Å². The quantitative estimate of drug-likeness (QED) is 0.574. The molecule has 4 aromatic rings. The molecule has 1 amide bonds. The summed E-state index contributed by atoms with van der Waals surface area (Å²) in [7, 11) is 0. The number of halogens is 1. The summed E-state index contributed by atoms with van der Waals surface area (Å²) in [5.41, 5.74) is 1.60. The smallest absolute Gasteiger partial charge is 0.291 e. The lowest BCUT2D eigenvalue weighted by atomic mass is 10.2. The molecule has 0 unspecified atom stereocenters. The van der Waals surface area contributed by atoms with Crippen LogP contribution in [0.4, 0.5) is 4.39 Å². The van der Waals surface area contributed by atoms with Gasteiger partial charge in [-0.2, -0.15) is 4.98 Å². The van der Waals surface area contributed by atoms with E-state index in [2.05, 4.69) is 25.4 Å². The zero-order valence-corrected chi connectivity index (χ0v) is 14.8. The number of benzene rings is 1. The van der Waals surface area contributed by atoms with Crippen molar-refractivity contribution in [3.63, 3.8) is 0 Å². The van der Waals surface area contributed by atoms with Gasteiger partial charge in [-0.25, -0.2) is 18.9 Å². The molecule has 0 bridgehead atoms. The van der Waals surface area contributed by atoms with E-state index in [1.165, 1.54) is 28.8 Å². The third kappa shape index (κ3) is 3.78. The molecule has 1 N–H and O–H groups in total. The maximum atomic E-state index is 13.0. The van der Waals surface area contributed by atoms with E-state index in [1.807, 2.05) is 6.92 Å². The van der Waals surface area contributed by atoms with Crippen molar-refractivity contribution in [1.82, 2.24) is 29.9 Å². The van der Waals surface area contributed by atoms with Gasteiger partial charge >= 0.3 is 0 Å². The molecule has 0 saturated heterocycles. The van der Waals surface area contributed by atoms with Crippen LogP contribution in [0.15, 0.2) is 54.9 Å². The summed E-state index contributed by atoms with van der Waals surface area (Å²) in [6.07, 6.45) is 3.18. The van der Waals surface area contributed by atoms with Crippen molar-refractivity contribution in [1.29, 1.82) is 0 Å². The van der Waals surface area contributed by atoms with Gasteiger partial charge in [-0.05, 0) is 48.9 Å². The first kappa shape index (κ1) is 17.5. The molecule has 1 aromatic carbocycles. The van der Waals surface area contributed by atoms with Gasteiger partial charge in [-0.1, -0.05) is 0 Å². The number of rotatable bonds is 5. The number of ether oxygens (including phenoxy) is 1. The fourth-order valence-electron chi connectivity index (χ4n) is 2.50. The Kier molecular flexibility index (Phi) is 4.63. The number of hydrogen-bond acceptors (Lipinski definition) is 6. The Morgan fingerprint density at radius 3 is 2.71 bits per heavy atom. The molecule has 0 fully saturated rings. The number of nitrogens with zero attached hydrogens (tertiary/aromatic N) is 5. The summed E-state index contributed by atoms with van der Waals surface area (Å²) in [6, 6.07) is 10.8. The Morgan fingerprint density at radius 1 is 1.14 bits per heavy atom. The largest absolute Gasteiger partial charge is 0.439 e. The van der Waals surface area contributed by atoms with E-state index in [1.54, 1.807) is 30.6 Å². The molecule has 0 atom stereocenters. The van der Waals surface area contributed by atoms with Gasteiger partial charge in [0.2, 0.25) is 11.7 Å². The van der Waals surface area contributed by atoms with E-state index in [-0.39, 0.29) is 18.2 Å². The summed E-state index contributed by atoms with van der Waals surface area (Å²) in [5, 5.41) is 6.92. The zero-order valence-electron chi connectivity index (χ0n) is 14.8. The molecule has 9 heteroatoms. The van der Waals surface area contributed by atoms with E-state index >= 15 is 0 Å². The van der Waals surface area contributed by atoms with Gasteiger partial charge in [0.15, 0.2) is 0 Å². The minimum Gasteiger partial charge on any atom is -0.439 e. The van der Waals surface area contributed by atoms with E-state index in [0.29, 0.717) is 17.4 Å². The highest BCUT2D eigenvalue weighted by atomic mass is 19.1. The second-order valence-electron chi connectivity index (χ2n) is 5.97. The molecule has 28 heavy (non-hydrogen) atoms. The molecule has 0 radical (unpaired) electrons. The van der Waals surface area contributed by atoms with E-state index in [0.717, 1.165) is 11.3 Å². The van der Waals surface area contributed by atoms with Gasteiger partial charge in [0, 0.05) is 30.7 Å². The Labute approximate surface area is 159 Å². The van der Waals surface area contributed by atoms with Gasteiger partial charge in [0.1, 0.15) is 11.6 Å². The average molecular weight is 378 g/mol. The van der Waals surface area contributed by atoms with Crippen molar-refractivity contribution in [2.75, 3.05) is 0 Å². The number of aromatic nitrogens is 5. The Hall–Kier alpha value is -3.88. The molecule has 0 saturated carbocycles.